The summed E-state index contributed by atoms with van der Waals surface area (Å²) in [6.07, 6.45) is 30.1. The van der Waals surface area contributed by atoms with Gasteiger partial charge in [0.25, 0.3) is 0 Å². The molecule has 6 nitrogen and oxygen atoms in total. The van der Waals surface area contributed by atoms with Crippen LogP contribution in [0.1, 0.15) is 174 Å². The van der Waals surface area contributed by atoms with Crippen LogP contribution >= 0.6 is 0 Å². The molecule has 6 heteroatoms. The number of nitrogens with zero attached hydrogens (tertiary/aromatic N) is 1. The third kappa shape index (κ3) is 19.1. The van der Waals surface area contributed by atoms with E-state index < -0.39 is 0 Å². The molecule has 0 aromatic carbocycles. The zero-order valence-electron chi connectivity index (χ0n) is 28.2. The van der Waals surface area contributed by atoms with Gasteiger partial charge in [-0.25, -0.2) is 0 Å². The van der Waals surface area contributed by atoms with Crippen molar-refractivity contribution in [3.8, 4) is 0 Å². The minimum atomic E-state index is -0.0281. The maximum atomic E-state index is 12.4. The third-order valence-corrected chi connectivity index (χ3v) is 10.2. The lowest BCUT2D eigenvalue weighted by molar-refractivity contribution is -0.148. The molecule has 3 saturated carbocycles. The van der Waals surface area contributed by atoms with Crippen LogP contribution in [0, 0.1) is 11.3 Å². The van der Waals surface area contributed by atoms with Crippen LogP contribution in [0.3, 0.4) is 0 Å². The Hall–Kier alpha value is -1.14. The SMILES string of the molecule is CCCCCCCCCOC(=O)CCCCCCCN(CCO)CCCCCCCCOC(=O)CC12CCC(CC1)CC2. The van der Waals surface area contributed by atoms with E-state index in [0.29, 0.717) is 26.1 Å². The second-order valence-electron chi connectivity index (χ2n) is 13.9. The van der Waals surface area contributed by atoms with Crippen molar-refractivity contribution >= 4 is 11.9 Å². The Morgan fingerprint density at radius 1 is 0.628 bits per heavy atom. The second-order valence-corrected chi connectivity index (χ2v) is 13.9. The number of esters is 2. The molecule has 0 saturated heterocycles. The van der Waals surface area contributed by atoms with Gasteiger partial charge in [0.2, 0.25) is 0 Å². The molecule has 0 heterocycles. The summed E-state index contributed by atoms with van der Waals surface area (Å²) in [6, 6.07) is 0. The van der Waals surface area contributed by atoms with E-state index in [1.165, 1.54) is 109 Å². The predicted octanol–water partition coefficient (Wildman–Crippen LogP) is 9.16. The van der Waals surface area contributed by atoms with Gasteiger partial charge in [0.15, 0.2) is 0 Å². The zero-order valence-corrected chi connectivity index (χ0v) is 28.2. The molecular formula is C37H69NO5. The average molecular weight is 608 g/mol. The third-order valence-electron chi connectivity index (χ3n) is 10.2. The Kier molecular flexibility index (Phi) is 22.2. The summed E-state index contributed by atoms with van der Waals surface area (Å²) in [6.45, 7) is 6.51. The van der Waals surface area contributed by atoms with Crippen LogP contribution in [0.5, 0.6) is 0 Å². The largest absolute Gasteiger partial charge is 0.466 e. The summed E-state index contributed by atoms with van der Waals surface area (Å²) < 4.78 is 11.0. The first-order valence-electron chi connectivity index (χ1n) is 18.7. The van der Waals surface area contributed by atoms with Crippen molar-refractivity contribution in [1.29, 1.82) is 0 Å². The first-order chi connectivity index (χ1) is 21.1. The van der Waals surface area contributed by atoms with Crippen molar-refractivity contribution in [2.45, 2.75) is 174 Å². The number of carbonyl (C=O) groups is 2. The number of unbranched alkanes of at least 4 members (excludes halogenated alkanes) is 15. The topological polar surface area (TPSA) is 76.1 Å². The van der Waals surface area contributed by atoms with Gasteiger partial charge in [0.05, 0.1) is 26.2 Å². The molecule has 1 N–H and O–H groups in total. The maximum Gasteiger partial charge on any atom is 0.306 e. The molecule has 0 aromatic heterocycles. The lowest BCUT2D eigenvalue weighted by atomic mass is 9.59. The van der Waals surface area contributed by atoms with Gasteiger partial charge in [-0.3, -0.25) is 9.59 Å². The number of carbonyl (C=O) groups excluding carboxylic acids is 2. The van der Waals surface area contributed by atoms with E-state index in [4.69, 9.17) is 9.47 Å². The summed E-state index contributed by atoms with van der Waals surface area (Å²) in [5.74, 6) is 0.948. The number of ether oxygens (including phenoxy) is 2. The molecular weight excluding hydrogens is 538 g/mol. The number of rotatable bonds is 29. The Morgan fingerprint density at radius 2 is 1.09 bits per heavy atom. The van der Waals surface area contributed by atoms with Crippen LogP contribution in [0.4, 0.5) is 0 Å². The summed E-state index contributed by atoms with van der Waals surface area (Å²) in [4.78, 5) is 26.7. The van der Waals surface area contributed by atoms with Crippen molar-refractivity contribution in [2.24, 2.45) is 11.3 Å². The Bertz CT molecular complexity index is 677. The first-order valence-corrected chi connectivity index (χ1v) is 18.7. The molecule has 0 atom stereocenters. The predicted molar refractivity (Wildman–Crippen MR) is 177 cm³/mol. The van der Waals surface area contributed by atoms with E-state index in [0.717, 1.165) is 70.5 Å². The summed E-state index contributed by atoms with van der Waals surface area (Å²) in [5.41, 5.74) is 0.277. The van der Waals surface area contributed by atoms with Gasteiger partial charge in [-0.05, 0) is 95.1 Å². The van der Waals surface area contributed by atoms with Crippen LogP contribution in [0.25, 0.3) is 0 Å². The number of hydrogen-bond donors (Lipinski definition) is 1. The molecule has 0 amide bonds. The molecule has 252 valence electrons. The molecule has 3 rings (SSSR count). The molecule has 2 bridgehead atoms. The highest BCUT2D eigenvalue weighted by Crippen LogP contribution is 2.52. The maximum absolute atomic E-state index is 12.4. The molecule has 0 spiro atoms. The van der Waals surface area contributed by atoms with Gasteiger partial charge >= 0.3 is 11.9 Å². The van der Waals surface area contributed by atoms with E-state index in [2.05, 4.69) is 11.8 Å². The molecule has 0 unspecified atom stereocenters. The van der Waals surface area contributed by atoms with Crippen molar-refractivity contribution < 1.29 is 24.2 Å². The van der Waals surface area contributed by atoms with Crippen LogP contribution in [-0.4, -0.2) is 61.4 Å². The van der Waals surface area contributed by atoms with Crippen molar-refractivity contribution in [1.82, 2.24) is 4.90 Å². The molecule has 3 fully saturated rings. The van der Waals surface area contributed by atoms with E-state index in [1.807, 2.05) is 0 Å². The summed E-state index contributed by atoms with van der Waals surface area (Å²) >= 11 is 0. The van der Waals surface area contributed by atoms with Gasteiger partial charge in [0.1, 0.15) is 0 Å². The van der Waals surface area contributed by atoms with Gasteiger partial charge in [-0.15, -0.1) is 0 Å². The molecule has 0 radical (unpaired) electrons. The van der Waals surface area contributed by atoms with E-state index in [9.17, 15) is 14.7 Å². The van der Waals surface area contributed by atoms with Crippen molar-refractivity contribution in [2.75, 3.05) is 39.5 Å². The van der Waals surface area contributed by atoms with Crippen molar-refractivity contribution in [3.05, 3.63) is 0 Å². The second kappa shape index (κ2) is 25.1. The van der Waals surface area contributed by atoms with Crippen LogP contribution < -0.4 is 0 Å². The highest BCUT2D eigenvalue weighted by Gasteiger charge is 2.41. The van der Waals surface area contributed by atoms with E-state index in [1.54, 1.807) is 0 Å². The van der Waals surface area contributed by atoms with Crippen LogP contribution in [0.15, 0.2) is 0 Å². The van der Waals surface area contributed by atoms with Crippen LogP contribution in [0.2, 0.25) is 0 Å². The first kappa shape index (κ1) is 38.0. The van der Waals surface area contributed by atoms with E-state index in [-0.39, 0.29) is 24.0 Å². The highest BCUT2D eigenvalue weighted by atomic mass is 16.5. The molecule has 43 heavy (non-hydrogen) atoms. The molecule has 0 aliphatic heterocycles. The number of fused-ring (bicyclic) bond motifs is 3. The Labute approximate surface area is 265 Å². The Balaban J connectivity index is 1.34. The number of aliphatic hydroxyl groups excluding tert-OH is 1. The lowest BCUT2D eigenvalue weighted by Crippen LogP contribution is -2.36. The number of hydrogen-bond acceptors (Lipinski definition) is 6. The minimum absolute atomic E-state index is 0.0281. The fourth-order valence-electron chi connectivity index (χ4n) is 7.22. The fraction of sp³-hybridized carbons (Fsp3) is 0.946. The molecule has 3 aliphatic rings. The lowest BCUT2D eigenvalue weighted by Gasteiger charge is -2.46. The minimum Gasteiger partial charge on any atom is -0.466 e. The standard InChI is InChI=1S/C37H69NO5/c1-2-3-4-5-7-13-18-31-42-35(40)20-15-10-9-12-17-28-38(29-30-39)27-16-11-6-8-14-19-32-43-36(41)33-37-24-21-34(22-25-37)23-26-37/h34,39H,2-33H2,1H3. The fourth-order valence-corrected chi connectivity index (χ4v) is 7.22. The van der Waals surface area contributed by atoms with Gasteiger partial charge in [-0.1, -0.05) is 90.4 Å². The summed E-state index contributed by atoms with van der Waals surface area (Å²) in [5, 5.41) is 9.46. The normalized spacial score (nSPS) is 19.7. The average Bonchev–Trinajstić information content (AvgIpc) is 3.01. The number of aliphatic hydroxyl groups is 1. The Morgan fingerprint density at radius 3 is 1.63 bits per heavy atom. The van der Waals surface area contributed by atoms with Crippen molar-refractivity contribution in [3.63, 3.8) is 0 Å². The van der Waals surface area contributed by atoms with Gasteiger partial charge in [-0.2, -0.15) is 0 Å². The quantitative estimate of drug-likeness (QED) is 0.0675. The van der Waals surface area contributed by atoms with Gasteiger partial charge < -0.3 is 19.5 Å². The van der Waals surface area contributed by atoms with E-state index >= 15 is 0 Å². The molecule has 0 aromatic rings. The monoisotopic (exact) mass is 608 g/mol. The highest BCUT2D eigenvalue weighted by molar-refractivity contribution is 5.70. The smallest absolute Gasteiger partial charge is 0.306 e. The van der Waals surface area contributed by atoms with Crippen LogP contribution in [-0.2, 0) is 19.1 Å². The zero-order chi connectivity index (χ0) is 30.9. The summed E-state index contributed by atoms with van der Waals surface area (Å²) in [7, 11) is 0. The molecule has 3 aliphatic carbocycles. The van der Waals surface area contributed by atoms with Gasteiger partial charge in [0, 0.05) is 13.0 Å².